The van der Waals surface area contributed by atoms with E-state index < -0.39 is 0 Å². The van der Waals surface area contributed by atoms with E-state index in [4.69, 9.17) is 14.2 Å². The van der Waals surface area contributed by atoms with Crippen LogP contribution in [0.2, 0.25) is 0 Å². The van der Waals surface area contributed by atoms with Crippen LogP contribution in [-0.2, 0) is 6.54 Å². The van der Waals surface area contributed by atoms with Crippen LogP contribution in [0, 0.1) is 0 Å². The van der Waals surface area contributed by atoms with Crippen LogP contribution >= 0.6 is 0 Å². The predicted molar refractivity (Wildman–Crippen MR) is 93.8 cm³/mol. The van der Waals surface area contributed by atoms with Crippen molar-refractivity contribution in [3.63, 3.8) is 0 Å². The molecule has 0 saturated heterocycles. The molecule has 0 aliphatic carbocycles. The Hall–Kier alpha value is -2.11. The maximum Gasteiger partial charge on any atom is 0.191 e. The zero-order valence-electron chi connectivity index (χ0n) is 15.0. The van der Waals surface area contributed by atoms with E-state index in [1.807, 2.05) is 19.1 Å². The lowest BCUT2D eigenvalue weighted by Gasteiger charge is -2.17. The van der Waals surface area contributed by atoms with E-state index in [0.717, 1.165) is 24.5 Å². The maximum atomic E-state index is 5.45. The summed E-state index contributed by atoms with van der Waals surface area (Å²) in [5.41, 5.74) is 0.886. The van der Waals surface area contributed by atoms with Crippen LogP contribution in [0.25, 0.3) is 0 Å². The molecule has 1 atom stereocenters. The molecule has 130 valence electrons. The van der Waals surface area contributed by atoms with E-state index in [-0.39, 0.29) is 0 Å². The lowest BCUT2D eigenvalue weighted by molar-refractivity contribution is 0.369. The van der Waals surface area contributed by atoms with Crippen molar-refractivity contribution in [3.8, 4) is 17.2 Å². The van der Waals surface area contributed by atoms with Gasteiger partial charge in [0.2, 0.25) is 0 Å². The number of rotatable bonds is 8. The van der Waals surface area contributed by atoms with Gasteiger partial charge in [0.25, 0.3) is 0 Å². The maximum absolute atomic E-state index is 5.45. The fourth-order valence-corrected chi connectivity index (χ4v) is 2.05. The fourth-order valence-electron chi connectivity index (χ4n) is 2.05. The number of benzene rings is 1. The molecule has 23 heavy (non-hydrogen) atoms. The third kappa shape index (κ3) is 5.54. The Bertz CT molecular complexity index is 493. The summed E-state index contributed by atoms with van der Waals surface area (Å²) >= 11 is 0. The Morgan fingerprint density at radius 1 is 1.09 bits per heavy atom. The number of aliphatic imine (C=N–C) groups is 1. The molecule has 0 amide bonds. The molecule has 1 rings (SSSR count). The van der Waals surface area contributed by atoms with Crippen molar-refractivity contribution in [2.45, 2.75) is 39.8 Å². The van der Waals surface area contributed by atoms with Crippen molar-refractivity contribution in [1.82, 2.24) is 10.6 Å². The third-order valence-electron chi connectivity index (χ3n) is 3.55. The summed E-state index contributed by atoms with van der Waals surface area (Å²) in [6.45, 7) is 7.56. The quantitative estimate of drug-likeness (QED) is 0.569. The normalized spacial score (nSPS) is 12.5. The van der Waals surface area contributed by atoms with Crippen molar-refractivity contribution >= 4 is 5.96 Å². The molecular formula is C17H29N3O3. The van der Waals surface area contributed by atoms with Gasteiger partial charge in [-0.25, -0.2) is 4.99 Å². The summed E-state index contributed by atoms with van der Waals surface area (Å²) in [5.74, 6) is 2.87. The van der Waals surface area contributed by atoms with Crippen molar-refractivity contribution in [1.29, 1.82) is 0 Å². The van der Waals surface area contributed by atoms with Gasteiger partial charge in [0, 0.05) is 24.7 Å². The van der Waals surface area contributed by atoms with E-state index in [1.165, 1.54) is 0 Å². The smallest absolute Gasteiger partial charge is 0.191 e. The molecule has 0 saturated carbocycles. The number of guanidine groups is 1. The molecule has 0 fully saturated rings. The number of hydrogen-bond acceptors (Lipinski definition) is 4. The summed E-state index contributed by atoms with van der Waals surface area (Å²) in [4.78, 5) is 4.64. The van der Waals surface area contributed by atoms with Crippen LogP contribution in [0.3, 0.4) is 0 Å². The summed E-state index contributed by atoms with van der Waals surface area (Å²) in [6.07, 6.45) is 1.03. The summed E-state index contributed by atoms with van der Waals surface area (Å²) in [5, 5.41) is 6.62. The minimum atomic E-state index is 0.354. The van der Waals surface area contributed by atoms with Gasteiger partial charge in [-0.1, -0.05) is 6.92 Å². The number of hydrogen-bond donors (Lipinski definition) is 2. The number of ether oxygens (including phenoxy) is 3. The minimum absolute atomic E-state index is 0.354. The molecule has 1 aromatic rings. The number of nitrogens with zero attached hydrogens (tertiary/aromatic N) is 1. The molecule has 0 bridgehead atoms. The summed E-state index contributed by atoms with van der Waals surface area (Å²) in [6, 6.07) is 4.03. The van der Waals surface area contributed by atoms with Crippen LogP contribution in [-0.4, -0.2) is 39.9 Å². The first-order chi connectivity index (χ1) is 11.1. The van der Waals surface area contributed by atoms with Gasteiger partial charge < -0.3 is 24.8 Å². The van der Waals surface area contributed by atoms with E-state index in [1.54, 1.807) is 21.3 Å². The van der Waals surface area contributed by atoms with Gasteiger partial charge in [-0.15, -0.1) is 0 Å². The molecule has 1 unspecified atom stereocenters. The van der Waals surface area contributed by atoms with E-state index in [9.17, 15) is 0 Å². The van der Waals surface area contributed by atoms with E-state index in [0.29, 0.717) is 29.8 Å². The summed E-state index contributed by atoms with van der Waals surface area (Å²) in [7, 11) is 4.87. The second-order valence-corrected chi connectivity index (χ2v) is 5.16. The molecule has 2 N–H and O–H groups in total. The molecule has 0 aliphatic rings. The molecule has 0 aromatic heterocycles. The molecule has 0 spiro atoms. The Morgan fingerprint density at radius 3 is 2.13 bits per heavy atom. The number of nitrogens with one attached hydrogen (secondary N) is 2. The second-order valence-electron chi connectivity index (χ2n) is 5.16. The summed E-state index contributed by atoms with van der Waals surface area (Å²) < 4.78 is 16.2. The Balaban J connectivity index is 3.06. The Kier molecular flexibility index (Phi) is 8.08. The van der Waals surface area contributed by atoms with Gasteiger partial charge in [0.15, 0.2) is 5.96 Å². The fraction of sp³-hybridized carbons (Fsp3) is 0.588. The van der Waals surface area contributed by atoms with Crippen molar-refractivity contribution in [3.05, 3.63) is 17.7 Å². The standard InChI is InChI=1S/C17H29N3O3/c1-7-12(3)20-17(18-8-2)19-11-14-15(22-5)9-13(21-4)10-16(14)23-6/h9-10,12H,7-8,11H2,1-6H3,(H2,18,19,20). The van der Waals surface area contributed by atoms with Crippen molar-refractivity contribution in [2.75, 3.05) is 27.9 Å². The van der Waals surface area contributed by atoms with Crippen LogP contribution in [0.15, 0.2) is 17.1 Å². The average molecular weight is 323 g/mol. The highest BCUT2D eigenvalue weighted by Crippen LogP contribution is 2.34. The van der Waals surface area contributed by atoms with Gasteiger partial charge in [-0.05, 0) is 20.3 Å². The molecule has 0 aliphatic heterocycles. The van der Waals surface area contributed by atoms with Crippen molar-refractivity contribution in [2.24, 2.45) is 4.99 Å². The predicted octanol–water partition coefficient (Wildman–Crippen LogP) is 2.57. The molecule has 0 heterocycles. The number of methoxy groups -OCH3 is 3. The topological polar surface area (TPSA) is 64.1 Å². The van der Waals surface area contributed by atoms with Gasteiger partial charge in [-0.3, -0.25) is 0 Å². The monoisotopic (exact) mass is 323 g/mol. The van der Waals surface area contributed by atoms with Crippen LogP contribution in [0.1, 0.15) is 32.8 Å². The average Bonchev–Trinajstić information content (AvgIpc) is 2.58. The first-order valence-corrected chi connectivity index (χ1v) is 7.93. The van der Waals surface area contributed by atoms with Gasteiger partial charge in [-0.2, -0.15) is 0 Å². The van der Waals surface area contributed by atoms with Gasteiger partial charge in [0.05, 0.1) is 33.4 Å². The highest BCUT2D eigenvalue weighted by atomic mass is 16.5. The largest absolute Gasteiger partial charge is 0.496 e. The SMILES string of the molecule is CCNC(=NCc1c(OC)cc(OC)cc1OC)NC(C)CC. The minimum Gasteiger partial charge on any atom is -0.496 e. The van der Waals surface area contributed by atoms with Crippen LogP contribution in [0.4, 0.5) is 0 Å². The lowest BCUT2D eigenvalue weighted by Crippen LogP contribution is -2.41. The molecule has 0 radical (unpaired) electrons. The highest BCUT2D eigenvalue weighted by molar-refractivity contribution is 5.80. The van der Waals surface area contributed by atoms with Crippen molar-refractivity contribution < 1.29 is 14.2 Å². The van der Waals surface area contributed by atoms with Crippen LogP contribution < -0.4 is 24.8 Å². The highest BCUT2D eigenvalue weighted by Gasteiger charge is 2.13. The lowest BCUT2D eigenvalue weighted by atomic mass is 10.1. The molecule has 1 aromatic carbocycles. The van der Waals surface area contributed by atoms with E-state index in [2.05, 4.69) is 29.5 Å². The molecule has 6 nitrogen and oxygen atoms in total. The molecular weight excluding hydrogens is 294 g/mol. The molecule has 6 heteroatoms. The Morgan fingerprint density at radius 2 is 1.70 bits per heavy atom. The zero-order chi connectivity index (χ0) is 17.2. The second kappa shape index (κ2) is 9.82. The zero-order valence-corrected chi connectivity index (χ0v) is 15.0. The van der Waals surface area contributed by atoms with E-state index >= 15 is 0 Å². The Labute approximate surface area is 139 Å². The van der Waals surface area contributed by atoms with Gasteiger partial charge >= 0.3 is 0 Å². The van der Waals surface area contributed by atoms with Crippen LogP contribution in [0.5, 0.6) is 17.2 Å². The third-order valence-corrected chi connectivity index (χ3v) is 3.55. The first kappa shape index (κ1) is 18.9. The first-order valence-electron chi connectivity index (χ1n) is 7.93. The van der Waals surface area contributed by atoms with Gasteiger partial charge in [0.1, 0.15) is 17.2 Å².